The molecule has 1 unspecified atom stereocenters. The SMILES string of the molecule is CCCC(N)Cc1csc(-c2ccc(SC)cc2)n1. The standard InChI is InChI=1S/C15H20N2S2/c1-3-4-12(16)9-13-10-19-15(17-13)11-5-7-14(18-2)8-6-11/h5-8,10,12H,3-4,9,16H2,1-2H3. The molecule has 2 nitrogen and oxygen atoms in total. The quantitative estimate of drug-likeness (QED) is 0.811. The molecule has 0 fully saturated rings. The van der Waals surface area contributed by atoms with Gasteiger partial charge in [0.25, 0.3) is 0 Å². The van der Waals surface area contributed by atoms with E-state index in [1.807, 2.05) is 0 Å². The highest BCUT2D eigenvalue weighted by Crippen LogP contribution is 2.26. The largest absolute Gasteiger partial charge is 0.327 e. The Kier molecular flexibility index (Phi) is 5.43. The van der Waals surface area contributed by atoms with Gasteiger partial charge in [-0.2, -0.15) is 0 Å². The lowest BCUT2D eigenvalue weighted by molar-refractivity contribution is 0.595. The summed E-state index contributed by atoms with van der Waals surface area (Å²) in [6.45, 7) is 2.17. The fourth-order valence-corrected chi connectivity index (χ4v) is 3.26. The molecule has 0 saturated heterocycles. The van der Waals surface area contributed by atoms with Crippen molar-refractivity contribution in [1.82, 2.24) is 4.98 Å². The van der Waals surface area contributed by atoms with Gasteiger partial charge in [-0.3, -0.25) is 0 Å². The Bertz CT molecular complexity index is 505. The smallest absolute Gasteiger partial charge is 0.123 e. The molecule has 0 aliphatic carbocycles. The van der Waals surface area contributed by atoms with E-state index in [1.54, 1.807) is 23.1 Å². The molecule has 0 radical (unpaired) electrons. The predicted octanol–water partition coefficient (Wildman–Crippen LogP) is 4.20. The fourth-order valence-electron chi connectivity index (χ4n) is 2.01. The summed E-state index contributed by atoms with van der Waals surface area (Å²) in [7, 11) is 0. The third-order valence-electron chi connectivity index (χ3n) is 3.02. The van der Waals surface area contributed by atoms with Crippen LogP contribution < -0.4 is 5.73 Å². The summed E-state index contributed by atoms with van der Waals surface area (Å²) in [5.41, 5.74) is 8.38. The lowest BCUT2D eigenvalue weighted by atomic mass is 10.1. The van der Waals surface area contributed by atoms with Crippen LogP contribution in [0.4, 0.5) is 0 Å². The van der Waals surface area contributed by atoms with Crippen molar-refractivity contribution in [2.75, 3.05) is 6.26 Å². The van der Waals surface area contributed by atoms with Crippen LogP contribution in [0.3, 0.4) is 0 Å². The number of nitrogens with zero attached hydrogens (tertiary/aromatic N) is 1. The highest BCUT2D eigenvalue weighted by atomic mass is 32.2. The Morgan fingerprint density at radius 3 is 2.68 bits per heavy atom. The van der Waals surface area contributed by atoms with Gasteiger partial charge in [0, 0.05) is 28.3 Å². The molecule has 0 aliphatic heterocycles. The maximum absolute atomic E-state index is 6.06. The lowest BCUT2D eigenvalue weighted by Crippen LogP contribution is -2.22. The van der Waals surface area contributed by atoms with Gasteiger partial charge in [-0.05, 0) is 24.8 Å². The third kappa shape index (κ3) is 4.06. The van der Waals surface area contributed by atoms with Gasteiger partial charge >= 0.3 is 0 Å². The maximum Gasteiger partial charge on any atom is 0.123 e. The number of aromatic nitrogens is 1. The molecule has 102 valence electrons. The highest BCUT2D eigenvalue weighted by molar-refractivity contribution is 7.98. The number of thiazole rings is 1. The van der Waals surface area contributed by atoms with E-state index in [-0.39, 0.29) is 6.04 Å². The van der Waals surface area contributed by atoms with Gasteiger partial charge < -0.3 is 5.73 Å². The second-order valence-electron chi connectivity index (χ2n) is 4.63. The molecule has 0 spiro atoms. The molecular weight excluding hydrogens is 272 g/mol. The van der Waals surface area contributed by atoms with Crippen molar-refractivity contribution in [2.24, 2.45) is 5.73 Å². The van der Waals surface area contributed by atoms with Gasteiger partial charge in [-0.1, -0.05) is 25.5 Å². The maximum atomic E-state index is 6.06. The predicted molar refractivity (Wildman–Crippen MR) is 85.9 cm³/mol. The van der Waals surface area contributed by atoms with Gasteiger partial charge in [0.15, 0.2) is 0 Å². The van der Waals surface area contributed by atoms with Crippen LogP contribution in [0, 0.1) is 0 Å². The van der Waals surface area contributed by atoms with Crippen LogP contribution in [0.25, 0.3) is 10.6 Å². The number of rotatable bonds is 6. The van der Waals surface area contributed by atoms with Crippen molar-refractivity contribution in [3.05, 3.63) is 35.3 Å². The highest BCUT2D eigenvalue weighted by Gasteiger charge is 2.08. The van der Waals surface area contributed by atoms with Crippen LogP contribution in [0.5, 0.6) is 0 Å². The van der Waals surface area contributed by atoms with Crippen molar-refractivity contribution < 1.29 is 0 Å². The molecule has 1 heterocycles. The summed E-state index contributed by atoms with van der Waals surface area (Å²) in [5, 5.41) is 3.22. The molecule has 2 aromatic rings. The van der Waals surface area contributed by atoms with Gasteiger partial charge in [-0.15, -0.1) is 23.1 Å². The number of hydrogen-bond acceptors (Lipinski definition) is 4. The van der Waals surface area contributed by atoms with Crippen molar-refractivity contribution in [1.29, 1.82) is 0 Å². The van der Waals surface area contributed by atoms with Crippen LogP contribution in [-0.4, -0.2) is 17.3 Å². The first kappa shape index (κ1) is 14.6. The number of nitrogens with two attached hydrogens (primary N) is 1. The van der Waals surface area contributed by atoms with Gasteiger partial charge in [0.05, 0.1) is 5.69 Å². The minimum atomic E-state index is 0.235. The summed E-state index contributed by atoms with van der Waals surface area (Å²) in [5.74, 6) is 0. The molecule has 19 heavy (non-hydrogen) atoms. The average Bonchev–Trinajstić information content (AvgIpc) is 2.87. The van der Waals surface area contributed by atoms with Crippen LogP contribution in [0.1, 0.15) is 25.5 Å². The van der Waals surface area contributed by atoms with Crippen LogP contribution >= 0.6 is 23.1 Å². The van der Waals surface area contributed by atoms with E-state index < -0.39 is 0 Å². The lowest BCUT2D eigenvalue weighted by Gasteiger charge is -2.07. The Hall–Kier alpha value is -0.840. The molecule has 1 aromatic carbocycles. The first-order chi connectivity index (χ1) is 9.22. The zero-order valence-corrected chi connectivity index (χ0v) is 13.1. The van der Waals surface area contributed by atoms with Crippen molar-refractivity contribution in [3.63, 3.8) is 0 Å². The molecule has 0 amide bonds. The van der Waals surface area contributed by atoms with Crippen molar-refractivity contribution in [2.45, 2.75) is 37.1 Å². The summed E-state index contributed by atoms with van der Waals surface area (Å²) in [6.07, 6.45) is 5.17. The van der Waals surface area contributed by atoms with Crippen molar-refractivity contribution in [3.8, 4) is 10.6 Å². The molecule has 0 aliphatic rings. The first-order valence-electron chi connectivity index (χ1n) is 6.57. The molecule has 2 N–H and O–H groups in total. The summed E-state index contributed by atoms with van der Waals surface area (Å²) in [6, 6.07) is 8.80. The normalized spacial score (nSPS) is 12.6. The first-order valence-corrected chi connectivity index (χ1v) is 8.67. The number of hydrogen-bond donors (Lipinski definition) is 1. The zero-order chi connectivity index (χ0) is 13.7. The van der Waals surface area contributed by atoms with E-state index in [9.17, 15) is 0 Å². The Labute approximate surface area is 123 Å². The minimum absolute atomic E-state index is 0.235. The second-order valence-corrected chi connectivity index (χ2v) is 6.36. The van der Waals surface area contributed by atoms with E-state index >= 15 is 0 Å². The minimum Gasteiger partial charge on any atom is -0.327 e. The van der Waals surface area contributed by atoms with Gasteiger partial charge in [0.2, 0.25) is 0 Å². The fraction of sp³-hybridized carbons (Fsp3) is 0.400. The van der Waals surface area contributed by atoms with Crippen molar-refractivity contribution >= 4 is 23.1 Å². The van der Waals surface area contributed by atoms with E-state index in [0.29, 0.717) is 0 Å². The molecule has 0 saturated carbocycles. The van der Waals surface area contributed by atoms with Gasteiger partial charge in [-0.25, -0.2) is 4.98 Å². The van der Waals surface area contributed by atoms with Crippen LogP contribution in [0.15, 0.2) is 34.5 Å². The van der Waals surface area contributed by atoms with Crippen LogP contribution in [0.2, 0.25) is 0 Å². The molecular formula is C15H20N2S2. The Morgan fingerprint density at radius 2 is 2.05 bits per heavy atom. The topological polar surface area (TPSA) is 38.9 Å². The third-order valence-corrected chi connectivity index (χ3v) is 4.70. The second kappa shape index (κ2) is 7.08. The molecule has 0 bridgehead atoms. The molecule has 1 atom stereocenters. The van der Waals surface area contributed by atoms with Crippen LogP contribution in [-0.2, 0) is 6.42 Å². The van der Waals surface area contributed by atoms with E-state index in [4.69, 9.17) is 5.73 Å². The summed E-state index contributed by atoms with van der Waals surface area (Å²) >= 11 is 3.46. The molecule has 4 heteroatoms. The Balaban J connectivity index is 2.07. The number of thioether (sulfide) groups is 1. The summed E-state index contributed by atoms with van der Waals surface area (Å²) < 4.78 is 0. The zero-order valence-electron chi connectivity index (χ0n) is 11.4. The Morgan fingerprint density at radius 1 is 1.32 bits per heavy atom. The molecule has 1 aromatic heterocycles. The average molecular weight is 292 g/mol. The van der Waals surface area contributed by atoms with E-state index in [0.717, 1.165) is 30.0 Å². The summed E-state index contributed by atoms with van der Waals surface area (Å²) in [4.78, 5) is 5.97. The van der Waals surface area contributed by atoms with E-state index in [2.05, 4.69) is 47.8 Å². The monoisotopic (exact) mass is 292 g/mol. The molecule has 2 rings (SSSR count). The number of benzene rings is 1. The van der Waals surface area contributed by atoms with Gasteiger partial charge in [0.1, 0.15) is 5.01 Å². The van der Waals surface area contributed by atoms with E-state index in [1.165, 1.54) is 10.5 Å².